The van der Waals surface area contributed by atoms with E-state index in [4.69, 9.17) is 5.73 Å². The second kappa shape index (κ2) is 13.9. The average Bonchev–Trinajstić information content (AvgIpc) is 2.30. The van der Waals surface area contributed by atoms with Crippen molar-refractivity contribution >= 4 is 0 Å². The van der Waals surface area contributed by atoms with Gasteiger partial charge in [0.15, 0.2) is 0 Å². The highest BCUT2D eigenvalue weighted by Crippen LogP contribution is 2.05. The molecule has 0 aliphatic carbocycles. The first-order valence-electron chi connectivity index (χ1n) is 7.39. The maximum Gasteiger partial charge on any atom is 0.00745 e. The number of unbranched alkanes of at least 4 members (excludes halogenated alkanes) is 3. The van der Waals surface area contributed by atoms with Crippen molar-refractivity contribution in [3.8, 4) is 0 Å². The molecule has 17 heavy (non-hydrogen) atoms. The van der Waals surface area contributed by atoms with Gasteiger partial charge >= 0.3 is 0 Å². The standard InChI is InChI=1S/C14H33N3/c1-14(2)8-4-7-12-16-10-5-3-6-11-17-13-9-15/h14,16-17H,3-13,15H2,1-2H3. The Labute approximate surface area is 108 Å². The van der Waals surface area contributed by atoms with Crippen molar-refractivity contribution < 1.29 is 0 Å². The van der Waals surface area contributed by atoms with Crippen LogP contribution in [0.5, 0.6) is 0 Å². The van der Waals surface area contributed by atoms with Gasteiger partial charge < -0.3 is 16.4 Å². The monoisotopic (exact) mass is 243 g/mol. The van der Waals surface area contributed by atoms with E-state index in [1.807, 2.05) is 0 Å². The molecule has 0 bridgehead atoms. The van der Waals surface area contributed by atoms with Gasteiger partial charge in [0.2, 0.25) is 0 Å². The summed E-state index contributed by atoms with van der Waals surface area (Å²) < 4.78 is 0. The molecule has 0 aliphatic rings. The van der Waals surface area contributed by atoms with Crippen LogP contribution in [0.15, 0.2) is 0 Å². The Balaban J connectivity index is 2.89. The third-order valence-electron chi connectivity index (χ3n) is 2.91. The summed E-state index contributed by atoms with van der Waals surface area (Å²) >= 11 is 0. The first-order chi connectivity index (χ1) is 8.27. The van der Waals surface area contributed by atoms with Crippen molar-refractivity contribution in [3.05, 3.63) is 0 Å². The molecular formula is C14H33N3. The van der Waals surface area contributed by atoms with Gasteiger partial charge in [-0.05, 0) is 44.8 Å². The predicted octanol–water partition coefficient (Wildman–Crippen LogP) is 2.12. The average molecular weight is 243 g/mol. The van der Waals surface area contributed by atoms with E-state index in [1.54, 1.807) is 0 Å². The number of rotatable bonds is 13. The highest BCUT2D eigenvalue weighted by atomic mass is 14.9. The van der Waals surface area contributed by atoms with E-state index in [0.29, 0.717) is 0 Å². The van der Waals surface area contributed by atoms with Gasteiger partial charge in [-0.2, -0.15) is 0 Å². The fourth-order valence-corrected chi connectivity index (χ4v) is 1.83. The molecule has 0 spiro atoms. The van der Waals surface area contributed by atoms with Crippen LogP contribution < -0.4 is 16.4 Å². The maximum atomic E-state index is 5.39. The van der Waals surface area contributed by atoms with Crippen LogP contribution in [0.4, 0.5) is 0 Å². The fraction of sp³-hybridized carbons (Fsp3) is 1.00. The van der Waals surface area contributed by atoms with Gasteiger partial charge in [0.05, 0.1) is 0 Å². The highest BCUT2D eigenvalue weighted by Gasteiger charge is 1.94. The Morgan fingerprint density at radius 2 is 1.29 bits per heavy atom. The molecule has 0 atom stereocenters. The highest BCUT2D eigenvalue weighted by molar-refractivity contribution is 4.53. The minimum atomic E-state index is 0.748. The van der Waals surface area contributed by atoms with Gasteiger partial charge in [0.1, 0.15) is 0 Å². The Hall–Kier alpha value is -0.120. The van der Waals surface area contributed by atoms with Gasteiger partial charge in [-0.25, -0.2) is 0 Å². The van der Waals surface area contributed by atoms with Crippen molar-refractivity contribution in [2.75, 3.05) is 32.7 Å². The van der Waals surface area contributed by atoms with Crippen LogP contribution in [-0.2, 0) is 0 Å². The molecule has 0 saturated carbocycles. The topological polar surface area (TPSA) is 50.1 Å². The first-order valence-corrected chi connectivity index (χ1v) is 7.39. The van der Waals surface area contributed by atoms with Crippen molar-refractivity contribution in [3.63, 3.8) is 0 Å². The summed E-state index contributed by atoms with van der Waals surface area (Å²) in [6.07, 6.45) is 7.96. The predicted molar refractivity (Wildman–Crippen MR) is 77.3 cm³/mol. The molecule has 0 aromatic carbocycles. The molecule has 0 aromatic heterocycles. The van der Waals surface area contributed by atoms with Crippen LogP contribution in [0.25, 0.3) is 0 Å². The van der Waals surface area contributed by atoms with E-state index in [2.05, 4.69) is 24.5 Å². The second-order valence-corrected chi connectivity index (χ2v) is 5.24. The molecule has 0 rings (SSSR count). The van der Waals surface area contributed by atoms with E-state index < -0.39 is 0 Å². The van der Waals surface area contributed by atoms with E-state index in [1.165, 1.54) is 51.6 Å². The van der Waals surface area contributed by atoms with Crippen LogP contribution in [0.3, 0.4) is 0 Å². The Morgan fingerprint density at radius 3 is 1.82 bits per heavy atom. The fourth-order valence-electron chi connectivity index (χ4n) is 1.83. The van der Waals surface area contributed by atoms with Crippen molar-refractivity contribution in [2.45, 2.75) is 52.4 Å². The summed E-state index contributed by atoms with van der Waals surface area (Å²) in [5.41, 5.74) is 5.39. The molecule has 0 saturated heterocycles. The lowest BCUT2D eigenvalue weighted by molar-refractivity contribution is 0.512. The zero-order chi connectivity index (χ0) is 12.8. The number of nitrogens with two attached hydrogens (primary N) is 1. The molecule has 0 aliphatic heterocycles. The molecule has 3 heteroatoms. The minimum Gasteiger partial charge on any atom is -0.329 e. The Morgan fingerprint density at radius 1 is 0.765 bits per heavy atom. The molecule has 0 unspecified atom stereocenters. The SMILES string of the molecule is CC(C)CCCCNCCCCCNCCN. The lowest BCUT2D eigenvalue weighted by atomic mass is 10.1. The quantitative estimate of drug-likeness (QED) is 0.434. The molecule has 3 nitrogen and oxygen atoms in total. The summed E-state index contributed by atoms with van der Waals surface area (Å²) in [7, 11) is 0. The van der Waals surface area contributed by atoms with Crippen LogP contribution in [0, 0.1) is 5.92 Å². The summed E-state index contributed by atoms with van der Waals surface area (Å²) in [5, 5.41) is 6.84. The summed E-state index contributed by atoms with van der Waals surface area (Å²) in [4.78, 5) is 0. The van der Waals surface area contributed by atoms with Gasteiger partial charge in [0.25, 0.3) is 0 Å². The van der Waals surface area contributed by atoms with Crippen molar-refractivity contribution in [1.82, 2.24) is 10.6 Å². The van der Waals surface area contributed by atoms with Crippen LogP contribution in [0.1, 0.15) is 52.4 Å². The molecule has 104 valence electrons. The molecule has 0 fully saturated rings. The van der Waals surface area contributed by atoms with E-state index in [9.17, 15) is 0 Å². The number of hydrogen-bond acceptors (Lipinski definition) is 3. The van der Waals surface area contributed by atoms with Crippen molar-refractivity contribution in [1.29, 1.82) is 0 Å². The molecule has 0 aromatic rings. The Bertz CT molecular complexity index is 137. The lowest BCUT2D eigenvalue weighted by Gasteiger charge is -2.06. The molecular weight excluding hydrogens is 210 g/mol. The summed E-state index contributed by atoms with van der Waals surface area (Å²) in [6.45, 7) is 9.78. The van der Waals surface area contributed by atoms with Crippen LogP contribution in [-0.4, -0.2) is 32.7 Å². The third kappa shape index (κ3) is 15.9. The van der Waals surface area contributed by atoms with E-state index in [0.717, 1.165) is 25.6 Å². The van der Waals surface area contributed by atoms with Crippen LogP contribution in [0.2, 0.25) is 0 Å². The smallest absolute Gasteiger partial charge is 0.00745 e. The molecule has 0 radical (unpaired) electrons. The molecule has 0 heterocycles. The largest absolute Gasteiger partial charge is 0.329 e. The van der Waals surface area contributed by atoms with Gasteiger partial charge in [-0.3, -0.25) is 0 Å². The minimum absolute atomic E-state index is 0.748. The third-order valence-corrected chi connectivity index (χ3v) is 2.91. The lowest BCUT2D eigenvalue weighted by Crippen LogP contribution is -2.23. The molecule has 4 N–H and O–H groups in total. The maximum absolute atomic E-state index is 5.39. The zero-order valence-electron chi connectivity index (χ0n) is 11.9. The van der Waals surface area contributed by atoms with Gasteiger partial charge in [-0.1, -0.05) is 33.1 Å². The summed E-state index contributed by atoms with van der Waals surface area (Å²) in [5.74, 6) is 0.857. The first kappa shape index (κ1) is 16.9. The Kier molecular flexibility index (Phi) is 13.8. The van der Waals surface area contributed by atoms with Gasteiger partial charge in [0, 0.05) is 13.1 Å². The van der Waals surface area contributed by atoms with E-state index >= 15 is 0 Å². The second-order valence-electron chi connectivity index (χ2n) is 5.24. The normalized spacial score (nSPS) is 11.3. The van der Waals surface area contributed by atoms with Crippen molar-refractivity contribution in [2.24, 2.45) is 11.7 Å². The van der Waals surface area contributed by atoms with Gasteiger partial charge in [-0.15, -0.1) is 0 Å². The van der Waals surface area contributed by atoms with E-state index in [-0.39, 0.29) is 0 Å². The van der Waals surface area contributed by atoms with Crippen LogP contribution >= 0.6 is 0 Å². The zero-order valence-corrected chi connectivity index (χ0v) is 11.9. The summed E-state index contributed by atoms with van der Waals surface area (Å²) in [6, 6.07) is 0. The number of hydrogen-bond donors (Lipinski definition) is 3. The number of nitrogens with one attached hydrogen (secondary N) is 2. The molecule has 0 amide bonds.